The molecule has 0 saturated heterocycles. The second-order valence-corrected chi connectivity index (χ2v) is 4.59. The molecule has 0 aromatic carbocycles. The van der Waals surface area contributed by atoms with Gasteiger partial charge in [-0.1, -0.05) is 20.8 Å². The van der Waals surface area contributed by atoms with Crippen molar-refractivity contribution in [3.8, 4) is 0 Å². The molecule has 0 aliphatic rings. The highest BCUT2D eigenvalue weighted by atomic mass is 14.9. The zero-order valence-electron chi connectivity index (χ0n) is 10.7. The maximum absolute atomic E-state index is 4.20. The minimum absolute atomic E-state index is 0.669. The van der Waals surface area contributed by atoms with Gasteiger partial charge in [-0.05, 0) is 24.8 Å². The maximum atomic E-state index is 4.20. The highest BCUT2D eigenvalue weighted by molar-refractivity contribution is 5.53. The summed E-state index contributed by atoms with van der Waals surface area (Å²) >= 11 is 0. The van der Waals surface area contributed by atoms with Crippen LogP contribution in [0.1, 0.15) is 27.7 Å². The predicted octanol–water partition coefficient (Wildman–Crippen LogP) is 3.22. The summed E-state index contributed by atoms with van der Waals surface area (Å²) in [5, 5.41) is 6.68. The Kier molecular flexibility index (Phi) is 5.09. The van der Waals surface area contributed by atoms with Crippen LogP contribution in [-0.2, 0) is 0 Å². The van der Waals surface area contributed by atoms with E-state index in [-0.39, 0.29) is 0 Å². The summed E-state index contributed by atoms with van der Waals surface area (Å²) in [6, 6.07) is 2.10. The number of nitrogens with zero attached hydrogens (tertiary/aromatic N) is 1. The van der Waals surface area contributed by atoms with Gasteiger partial charge in [-0.25, -0.2) is 0 Å². The van der Waals surface area contributed by atoms with Crippen LogP contribution in [0.2, 0.25) is 0 Å². The van der Waals surface area contributed by atoms with Crippen LogP contribution in [0.4, 0.5) is 11.4 Å². The van der Waals surface area contributed by atoms with E-state index in [4.69, 9.17) is 0 Å². The van der Waals surface area contributed by atoms with E-state index in [1.54, 1.807) is 0 Å². The first-order valence-corrected chi connectivity index (χ1v) is 6.06. The van der Waals surface area contributed by atoms with Gasteiger partial charge in [0.05, 0.1) is 23.8 Å². The molecule has 2 N–H and O–H groups in total. The highest BCUT2D eigenvalue weighted by Gasteiger charge is 2.06. The van der Waals surface area contributed by atoms with Crippen molar-refractivity contribution in [2.45, 2.75) is 27.7 Å². The Morgan fingerprint density at radius 2 is 1.75 bits per heavy atom. The number of anilines is 2. The molecule has 0 radical (unpaired) electrons. The number of pyridine rings is 1. The van der Waals surface area contributed by atoms with Crippen LogP contribution in [-0.4, -0.2) is 18.1 Å². The van der Waals surface area contributed by atoms with Crippen molar-refractivity contribution in [1.29, 1.82) is 0 Å². The fraction of sp³-hybridized carbons (Fsp3) is 0.615. The van der Waals surface area contributed by atoms with E-state index in [2.05, 4.69) is 49.4 Å². The van der Waals surface area contributed by atoms with Crippen molar-refractivity contribution in [2.24, 2.45) is 11.8 Å². The first-order valence-electron chi connectivity index (χ1n) is 6.06. The molecular weight excluding hydrogens is 198 g/mol. The third kappa shape index (κ3) is 4.09. The molecule has 90 valence electrons. The van der Waals surface area contributed by atoms with Gasteiger partial charge in [-0.3, -0.25) is 4.98 Å². The van der Waals surface area contributed by atoms with Gasteiger partial charge in [0, 0.05) is 13.1 Å². The lowest BCUT2D eigenvalue weighted by molar-refractivity contribution is 0.440. The molecule has 3 heteroatoms. The molecule has 3 nitrogen and oxygen atoms in total. The van der Waals surface area contributed by atoms with Gasteiger partial charge in [-0.2, -0.15) is 0 Å². The van der Waals surface area contributed by atoms with Gasteiger partial charge in [0.25, 0.3) is 0 Å². The van der Waals surface area contributed by atoms with Gasteiger partial charge >= 0.3 is 0 Å². The van der Waals surface area contributed by atoms with Gasteiger partial charge in [-0.15, -0.1) is 0 Å². The molecule has 0 saturated carbocycles. The van der Waals surface area contributed by atoms with E-state index < -0.39 is 0 Å². The molecule has 1 heterocycles. The summed E-state index contributed by atoms with van der Waals surface area (Å²) in [5.74, 6) is 1.38. The molecule has 0 fully saturated rings. The van der Waals surface area contributed by atoms with E-state index in [0.29, 0.717) is 11.8 Å². The zero-order chi connectivity index (χ0) is 12.0. The number of nitrogens with one attached hydrogen (secondary N) is 2. The Bertz CT molecular complexity index is 310. The molecular formula is C13H23N3. The van der Waals surface area contributed by atoms with E-state index in [9.17, 15) is 0 Å². The number of aromatic nitrogens is 1. The molecule has 16 heavy (non-hydrogen) atoms. The summed E-state index contributed by atoms with van der Waals surface area (Å²) in [5.41, 5.74) is 2.16. The monoisotopic (exact) mass is 221 g/mol. The van der Waals surface area contributed by atoms with Gasteiger partial charge in [0.15, 0.2) is 0 Å². The predicted molar refractivity (Wildman–Crippen MR) is 70.9 cm³/mol. The van der Waals surface area contributed by atoms with Crippen molar-refractivity contribution in [1.82, 2.24) is 4.98 Å². The molecule has 1 atom stereocenters. The molecule has 1 aromatic heterocycles. The Balaban J connectivity index is 2.50. The molecule has 0 bridgehead atoms. The first kappa shape index (κ1) is 12.8. The first-order chi connectivity index (χ1) is 7.63. The molecule has 0 aliphatic carbocycles. The Hall–Kier alpha value is -1.25. The van der Waals surface area contributed by atoms with Gasteiger partial charge in [0.1, 0.15) is 0 Å². The van der Waals surface area contributed by atoms with Crippen LogP contribution in [0.25, 0.3) is 0 Å². The average Bonchev–Trinajstić information content (AvgIpc) is 2.26. The lowest BCUT2D eigenvalue weighted by Crippen LogP contribution is -2.16. The fourth-order valence-electron chi connectivity index (χ4n) is 1.35. The average molecular weight is 221 g/mol. The molecule has 1 rings (SSSR count). The van der Waals surface area contributed by atoms with E-state index in [1.165, 1.54) is 0 Å². The van der Waals surface area contributed by atoms with E-state index >= 15 is 0 Å². The minimum atomic E-state index is 0.669. The fourth-order valence-corrected chi connectivity index (χ4v) is 1.35. The molecule has 0 aliphatic heterocycles. The van der Waals surface area contributed by atoms with Gasteiger partial charge in [0.2, 0.25) is 0 Å². The van der Waals surface area contributed by atoms with Crippen molar-refractivity contribution >= 4 is 11.4 Å². The quantitative estimate of drug-likeness (QED) is 0.774. The Labute approximate surface area is 98.7 Å². The largest absolute Gasteiger partial charge is 0.384 e. The van der Waals surface area contributed by atoms with E-state index in [1.807, 2.05) is 12.4 Å². The lowest BCUT2D eigenvalue weighted by Gasteiger charge is -2.17. The third-order valence-corrected chi connectivity index (χ3v) is 2.89. The van der Waals surface area contributed by atoms with Crippen LogP contribution < -0.4 is 10.6 Å². The lowest BCUT2D eigenvalue weighted by atomic mass is 9.98. The topological polar surface area (TPSA) is 37.0 Å². The number of hydrogen-bond donors (Lipinski definition) is 2. The zero-order valence-corrected chi connectivity index (χ0v) is 10.7. The van der Waals surface area contributed by atoms with Crippen molar-refractivity contribution < 1.29 is 0 Å². The Morgan fingerprint density at radius 1 is 1.12 bits per heavy atom. The summed E-state index contributed by atoms with van der Waals surface area (Å²) in [6.07, 6.45) is 3.72. The standard InChI is InChI=1S/C13H23N3/c1-5-15-12-6-13(9-14-8-12)16-7-11(4)10(2)3/h6,8-11,15-16H,5,7H2,1-4H3. The number of hydrogen-bond acceptors (Lipinski definition) is 3. The summed E-state index contributed by atoms with van der Waals surface area (Å²) in [4.78, 5) is 4.20. The van der Waals surface area contributed by atoms with Crippen molar-refractivity contribution in [3.05, 3.63) is 18.5 Å². The van der Waals surface area contributed by atoms with Gasteiger partial charge < -0.3 is 10.6 Å². The maximum Gasteiger partial charge on any atom is 0.0547 e. The van der Waals surface area contributed by atoms with Crippen LogP contribution in [0.15, 0.2) is 18.5 Å². The van der Waals surface area contributed by atoms with Crippen LogP contribution in [0.5, 0.6) is 0 Å². The van der Waals surface area contributed by atoms with Crippen molar-refractivity contribution in [2.75, 3.05) is 23.7 Å². The SMILES string of the molecule is CCNc1cncc(NCC(C)C(C)C)c1. The van der Waals surface area contributed by atoms with Crippen LogP contribution >= 0.6 is 0 Å². The van der Waals surface area contributed by atoms with Crippen LogP contribution in [0.3, 0.4) is 0 Å². The second kappa shape index (κ2) is 6.36. The summed E-state index contributed by atoms with van der Waals surface area (Å²) in [6.45, 7) is 10.8. The molecule has 1 unspecified atom stereocenters. The minimum Gasteiger partial charge on any atom is -0.384 e. The second-order valence-electron chi connectivity index (χ2n) is 4.59. The molecule has 0 amide bonds. The summed E-state index contributed by atoms with van der Waals surface area (Å²) < 4.78 is 0. The Morgan fingerprint density at radius 3 is 2.31 bits per heavy atom. The highest BCUT2D eigenvalue weighted by Crippen LogP contribution is 2.15. The van der Waals surface area contributed by atoms with E-state index in [0.717, 1.165) is 24.5 Å². The molecule has 0 spiro atoms. The van der Waals surface area contributed by atoms with Crippen molar-refractivity contribution in [3.63, 3.8) is 0 Å². The number of rotatable bonds is 6. The smallest absolute Gasteiger partial charge is 0.0547 e. The molecule has 1 aromatic rings. The summed E-state index contributed by atoms with van der Waals surface area (Å²) in [7, 11) is 0. The third-order valence-electron chi connectivity index (χ3n) is 2.89. The normalized spacial score (nSPS) is 12.6. The van der Waals surface area contributed by atoms with Crippen LogP contribution in [0, 0.1) is 11.8 Å².